The number of rotatable bonds is 1. The van der Waals surface area contributed by atoms with Crippen LogP contribution in [0.1, 0.15) is 16.7 Å². The first-order valence-corrected chi connectivity index (χ1v) is 5.51. The Morgan fingerprint density at radius 3 is 2.29 bits per heavy atom. The van der Waals surface area contributed by atoms with E-state index in [1.165, 1.54) is 5.56 Å². The predicted molar refractivity (Wildman–Crippen MR) is 70.2 cm³/mol. The summed E-state index contributed by atoms with van der Waals surface area (Å²) in [5.41, 5.74) is 3.17. The highest BCUT2D eigenvalue weighted by atomic mass is 16.5. The maximum atomic E-state index is 5.25. The van der Waals surface area contributed by atoms with Crippen molar-refractivity contribution < 1.29 is 4.74 Å². The van der Waals surface area contributed by atoms with Gasteiger partial charge >= 0.3 is 0 Å². The Bertz CT molecular complexity index is 556. The molecule has 2 aromatic rings. The molecule has 84 valence electrons. The molecule has 1 heteroatoms. The van der Waals surface area contributed by atoms with Gasteiger partial charge in [-0.2, -0.15) is 0 Å². The second-order valence-electron chi connectivity index (χ2n) is 3.82. The smallest absolute Gasteiger partial charge is 0.134 e. The number of benzene rings is 2. The van der Waals surface area contributed by atoms with Crippen molar-refractivity contribution in [1.29, 1.82) is 0 Å². The molecule has 0 aromatic heterocycles. The second-order valence-corrected chi connectivity index (χ2v) is 3.82. The molecule has 17 heavy (non-hydrogen) atoms. The van der Waals surface area contributed by atoms with Gasteiger partial charge in [-0.1, -0.05) is 41.7 Å². The molecule has 0 amide bonds. The van der Waals surface area contributed by atoms with Crippen molar-refractivity contribution in [1.82, 2.24) is 0 Å². The highest BCUT2D eigenvalue weighted by Crippen LogP contribution is 2.15. The molecule has 2 aromatic carbocycles. The molecular weight excluding hydrogens is 208 g/mol. The van der Waals surface area contributed by atoms with Crippen LogP contribution in [0.4, 0.5) is 0 Å². The van der Waals surface area contributed by atoms with Gasteiger partial charge in [0.05, 0.1) is 12.7 Å². The lowest BCUT2D eigenvalue weighted by molar-refractivity contribution is 0.413. The van der Waals surface area contributed by atoms with Crippen molar-refractivity contribution in [2.24, 2.45) is 0 Å². The monoisotopic (exact) mass is 222 g/mol. The van der Waals surface area contributed by atoms with Gasteiger partial charge in [0.25, 0.3) is 0 Å². The van der Waals surface area contributed by atoms with Gasteiger partial charge in [-0.25, -0.2) is 0 Å². The zero-order chi connectivity index (χ0) is 12.1. The molecule has 1 nitrogen and oxygen atoms in total. The van der Waals surface area contributed by atoms with Crippen LogP contribution in [-0.4, -0.2) is 7.11 Å². The fourth-order valence-electron chi connectivity index (χ4n) is 1.52. The van der Waals surface area contributed by atoms with Crippen LogP contribution in [-0.2, 0) is 0 Å². The van der Waals surface area contributed by atoms with Crippen molar-refractivity contribution in [3.05, 3.63) is 65.2 Å². The van der Waals surface area contributed by atoms with Crippen LogP contribution in [0, 0.1) is 18.8 Å². The lowest BCUT2D eigenvalue weighted by atomic mass is 10.1. The summed E-state index contributed by atoms with van der Waals surface area (Å²) in [5, 5.41) is 0. The van der Waals surface area contributed by atoms with E-state index in [0.29, 0.717) is 0 Å². The van der Waals surface area contributed by atoms with Gasteiger partial charge in [-0.3, -0.25) is 0 Å². The van der Waals surface area contributed by atoms with Gasteiger partial charge in [-0.05, 0) is 31.2 Å². The molecule has 0 N–H and O–H groups in total. The van der Waals surface area contributed by atoms with Gasteiger partial charge in [0.1, 0.15) is 5.75 Å². The molecule has 0 bridgehead atoms. The van der Waals surface area contributed by atoms with Crippen LogP contribution < -0.4 is 4.74 Å². The molecule has 0 radical (unpaired) electrons. The second kappa shape index (κ2) is 5.23. The quantitative estimate of drug-likeness (QED) is 0.672. The minimum atomic E-state index is 0.812. The molecule has 0 atom stereocenters. The largest absolute Gasteiger partial charge is 0.495 e. The number of para-hydroxylation sites is 1. The maximum Gasteiger partial charge on any atom is 0.134 e. The Labute approximate surface area is 102 Å². The molecule has 0 fully saturated rings. The summed E-state index contributed by atoms with van der Waals surface area (Å²) in [6, 6.07) is 15.9. The van der Waals surface area contributed by atoms with Crippen LogP contribution >= 0.6 is 0 Å². The van der Waals surface area contributed by atoms with Gasteiger partial charge < -0.3 is 4.74 Å². The van der Waals surface area contributed by atoms with Crippen molar-refractivity contribution in [2.45, 2.75) is 6.92 Å². The maximum absolute atomic E-state index is 5.25. The van der Waals surface area contributed by atoms with Crippen molar-refractivity contribution >= 4 is 0 Å². The normalized spacial score (nSPS) is 9.29. The molecule has 0 saturated heterocycles. The van der Waals surface area contributed by atoms with Crippen molar-refractivity contribution in [3.63, 3.8) is 0 Å². The molecule has 0 aliphatic carbocycles. The lowest BCUT2D eigenvalue weighted by Gasteiger charge is -2.00. The third-order valence-corrected chi connectivity index (χ3v) is 2.50. The Morgan fingerprint density at radius 1 is 0.882 bits per heavy atom. The number of hydrogen-bond donors (Lipinski definition) is 0. The Kier molecular flexibility index (Phi) is 3.47. The molecule has 0 heterocycles. The van der Waals surface area contributed by atoms with Crippen molar-refractivity contribution in [2.75, 3.05) is 7.11 Å². The Balaban J connectivity index is 2.29. The average Bonchev–Trinajstić information content (AvgIpc) is 2.38. The highest BCUT2D eigenvalue weighted by Gasteiger charge is 1.96. The Hall–Kier alpha value is -2.20. The molecule has 2 rings (SSSR count). The van der Waals surface area contributed by atoms with E-state index in [9.17, 15) is 0 Å². The van der Waals surface area contributed by atoms with E-state index >= 15 is 0 Å². The van der Waals surface area contributed by atoms with E-state index in [2.05, 4.69) is 30.9 Å². The summed E-state index contributed by atoms with van der Waals surface area (Å²) in [4.78, 5) is 0. The number of aryl methyl sites for hydroxylation is 1. The van der Waals surface area contributed by atoms with Crippen LogP contribution in [0.5, 0.6) is 5.75 Å². The predicted octanol–water partition coefficient (Wildman–Crippen LogP) is 3.40. The molecular formula is C16H14O. The first-order valence-electron chi connectivity index (χ1n) is 5.51. The molecule has 0 aliphatic heterocycles. The van der Waals surface area contributed by atoms with E-state index < -0.39 is 0 Å². The summed E-state index contributed by atoms with van der Waals surface area (Å²) in [6.45, 7) is 2.07. The van der Waals surface area contributed by atoms with E-state index in [4.69, 9.17) is 4.74 Å². The van der Waals surface area contributed by atoms with Gasteiger partial charge in [0, 0.05) is 5.56 Å². The van der Waals surface area contributed by atoms with Crippen molar-refractivity contribution in [3.8, 4) is 17.6 Å². The molecule has 0 spiro atoms. The topological polar surface area (TPSA) is 9.23 Å². The molecule has 0 unspecified atom stereocenters. The van der Waals surface area contributed by atoms with E-state index in [1.807, 2.05) is 36.4 Å². The third kappa shape index (κ3) is 2.89. The summed E-state index contributed by atoms with van der Waals surface area (Å²) < 4.78 is 5.25. The molecule has 0 saturated carbocycles. The fraction of sp³-hybridized carbons (Fsp3) is 0.125. The number of methoxy groups -OCH3 is 1. The zero-order valence-corrected chi connectivity index (χ0v) is 10.0. The minimum absolute atomic E-state index is 0.812. The first-order chi connectivity index (χ1) is 8.29. The van der Waals surface area contributed by atoms with Gasteiger partial charge in [0.2, 0.25) is 0 Å². The molecule has 0 aliphatic rings. The zero-order valence-electron chi connectivity index (χ0n) is 10.0. The van der Waals surface area contributed by atoms with Crippen LogP contribution in [0.15, 0.2) is 48.5 Å². The van der Waals surface area contributed by atoms with Gasteiger partial charge in [-0.15, -0.1) is 0 Å². The SMILES string of the molecule is COc1ccccc1C#Cc1ccc(C)cc1. The third-order valence-electron chi connectivity index (χ3n) is 2.50. The number of hydrogen-bond acceptors (Lipinski definition) is 1. The minimum Gasteiger partial charge on any atom is -0.495 e. The van der Waals surface area contributed by atoms with Crippen LogP contribution in [0.3, 0.4) is 0 Å². The average molecular weight is 222 g/mol. The van der Waals surface area contributed by atoms with E-state index in [-0.39, 0.29) is 0 Å². The number of ether oxygens (including phenoxy) is 1. The first kappa shape index (κ1) is 11.3. The summed E-state index contributed by atoms with van der Waals surface area (Å²) in [7, 11) is 1.66. The van der Waals surface area contributed by atoms with Crippen LogP contribution in [0.2, 0.25) is 0 Å². The summed E-state index contributed by atoms with van der Waals surface area (Å²) >= 11 is 0. The summed E-state index contributed by atoms with van der Waals surface area (Å²) in [6.07, 6.45) is 0. The van der Waals surface area contributed by atoms with E-state index in [1.54, 1.807) is 7.11 Å². The standard InChI is InChI=1S/C16H14O/c1-13-7-9-14(10-8-13)11-12-15-5-3-4-6-16(15)17-2/h3-10H,1-2H3. The summed E-state index contributed by atoms with van der Waals surface area (Å²) in [5.74, 6) is 7.07. The van der Waals surface area contributed by atoms with Gasteiger partial charge in [0.15, 0.2) is 0 Å². The lowest BCUT2D eigenvalue weighted by Crippen LogP contribution is -1.86. The fourth-order valence-corrected chi connectivity index (χ4v) is 1.52. The highest BCUT2D eigenvalue weighted by molar-refractivity contribution is 5.49. The van der Waals surface area contributed by atoms with E-state index in [0.717, 1.165) is 16.9 Å². The van der Waals surface area contributed by atoms with Crippen LogP contribution in [0.25, 0.3) is 0 Å². The Morgan fingerprint density at radius 2 is 1.59 bits per heavy atom.